The second-order valence-corrected chi connectivity index (χ2v) is 23.8. The Morgan fingerprint density at radius 2 is 0.896 bits per heavy atom. The number of pyridine rings is 5. The minimum atomic E-state index is -1.06. The second kappa shape index (κ2) is 43.4. The molecule has 34 heteroatoms. The molecule has 0 saturated carbocycles. The average Bonchev–Trinajstić information content (AvgIpc) is 1.69. The maximum absolute atomic E-state index is 11.9. The van der Waals surface area contributed by atoms with Crippen LogP contribution in [0.2, 0.25) is 0 Å². The summed E-state index contributed by atoms with van der Waals surface area (Å²) in [7, 11) is 0. The van der Waals surface area contributed by atoms with Crippen molar-refractivity contribution in [3.8, 4) is 0 Å². The highest BCUT2D eigenvalue weighted by atomic mass is 79.9. The van der Waals surface area contributed by atoms with Crippen molar-refractivity contribution < 1.29 is 72.0 Å². The largest absolute Gasteiger partial charge is 0.478 e. The maximum Gasteiger partial charge on any atom is 0.328 e. The highest BCUT2D eigenvalue weighted by Crippen LogP contribution is 2.25. The summed E-state index contributed by atoms with van der Waals surface area (Å²) in [5.74, 6) is -0.912. The number of ketones is 2. The van der Waals surface area contributed by atoms with Crippen LogP contribution in [0.3, 0.4) is 0 Å². The van der Waals surface area contributed by atoms with E-state index < -0.39 is 11.9 Å². The van der Waals surface area contributed by atoms with Crippen LogP contribution in [0, 0.1) is 0 Å². The van der Waals surface area contributed by atoms with Gasteiger partial charge in [-0.15, -0.1) is 17.0 Å². The van der Waals surface area contributed by atoms with E-state index in [1.165, 1.54) is 32.2 Å². The summed E-state index contributed by atoms with van der Waals surface area (Å²) in [5.41, 5.74) is 16.8. The van der Waals surface area contributed by atoms with E-state index in [9.17, 15) is 47.9 Å². The zero-order valence-electron chi connectivity index (χ0n) is 53.4. The normalized spacial score (nSPS) is 13.4. The second-order valence-electron chi connectivity index (χ2n) is 20.5. The molecule has 0 radical (unpaired) electrons. The fourth-order valence-electron chi connectivity index (χ4n) is 8.65. The summed E-state index contributed by atoms with van der Waals surface area (Å²) >= 11 is 13.3. The fraction of sp³-hybridized carbons (Fsp3) is 0.371. The van der Waals surface area contributed by atoms with Gasteiger partial charge in [-0.05, 0) is 149 Å². The van der Waals surface area contributed by atoms with Crippen molar-refractivity contribution in [3.05, 3.63) is 126 Å². The van der Waals surface area contributed by atoms with Crippen LogP contribution in [-0.4, -0.2) is 188 Å². The molecular formula is C62H75Br5N14O15. The number of rotatable bonds is 21. The molecule has 0 bridgehead atoms. The van der Waals surface area contributed by atoms with E-state index in [1.54, 1.807) is 84.2 Å². The van der Waals surface area contributed by atoms with E-state index in [4.69, 9.17) is 35.5 Å². The van der Waals surface area contributed by atoms with Crippen molar-refractivity contribution in [2.45, 2.75) is 73.1 Å². The molecule has 3 aliphatic heterocycles. The van der Waals surface area contributed by atoms with Gasteiger partial charge in [0, 0.05) is 110 Å². The Labute approximate surface area is 598 Å². The third-order valence-corrected chi connectivity index (χ3v) is 14.4. The van der Waals surface area contributed by atoms with Crippen LogP contribution in [0.1, 0.15) is 80.5 Å². The van der Waals surface area contributed by atoms with Crippen molar-refractivity contribution in [2.24, 2.45) is 0 Å². The van der Waals surface area contributed by atoms with Gasteiger partial charge < -0.3 is 51.5 Å². The number of esters is 4. The molecule has 0 fully saturated rings. The lowest BCUT2D eigenvalue weighted by Crippen LogP contribution is -2.35. The SMILES string of the molecule is Br.CCOC(=O)CN(CC(C)=O)Cc1cc(Br)cnc1N.CCOC(=O)CN1CC(=O)Nc2ncc(/C=C/C(=O)O)cc2C1.CCOC(=O)CN1CC(=O)Nc2ncc(/C=C/C(C)=O)cc2C1.CCOC(=O)CN1CC(=O)Nc2ncc(Br)cc2C1.Nc1ncc(Br)cc1CBr. The molecule has 8 N–H and O–H groups in total. The number of hydrogen-bond donors (Lipinski definition) is 6. The van der Waals surface area contributed by atoms with Gasteiger partial charge in [0.25, 0.3) is 0 Å². The topological polar surface area (TPSA) is 393 Å². The van der Waals surface area contributed by atoms with Gasteiger partial charge in [-0.1, -0.05) is 15.9 Å². The number of nitrogens with zero attached hydrogens (tertiary/aromatic N) is 9. The maximum atomic E-state index is 11.9. The first-order valence-corrected chi connectivity index (χ1v) is 32.7. The van der Waals surface area contributed by atoms with Crippen LogP contribution < -0.4 is 27.4 Å². The number of fused-ring (bicyclic) bond motifs is 3. The number of ether oxygens (including phenoxy) is 4. The molecular weight excluding hydrogens is 1580 g/mol. The molecule has 0 aromatic carbocycles. The van der Waals surface area contributed by atoms with E-state index >= 15 is 0 Å². The number of alkyl halides is 1. The van der Waals surface area contributed by atoms with E-state index in [0.29, 0.717) is 86.2 Å². The van der Waals surface area contributed by atoms with E-state index in [2.05, 4.69) is 105 Å². The molecule has 0 unspecified atom stereocenters. The Bertz CT molecular complexity index is 3490. The first-order valence-electron chi connectivity index (χ1n) is 29.2. The summed E-state index contributed by atoms with van der Waals surface area (Å²) in [4.78, 5) is 142. The fourth-order valence-corrected chi connectivity index (χ4v) is 10.2. The van der Waals surface area contributed by atoms with Crippen LogP contribution in [-0.2, 0) is 98.4 Å². The number of anilines is 5. The van der Waals surface area contributed by atoms with Crippen LogP contribution in [0.25, 0.3) is 12.2 Å². The molecule has 3 aliphatic rings. The predicted octanol–water partition coefficient (Wildman–Crippen LogP) is 6.94. The molecule has 0 saturated heterocycles. The number of allylic oxidation sites excluding steroid dienone is 1. The predicted molar refractivity (Wildman–Crippen MR) is 377 cm³/mol. The Hall–Kier alpha value is -7.83. The standard InChI is InChI=1S/C16H19N3O4.C15H17N3O5.C13H18BrN3O3.C12H14BrN3O3.C6H6Br2N2.BrH/c1-3-23-15(22)10-19-8-13-6-12(5-4-11(2)20)7-17-16(13)18-14(21)9-19;1-2-23-14(22)9-18-7-11-5-10(3-4-13(20)21)6-16-15(11)17-12(19)8-18;1-3-20-12(19)8-17(6-9(2)18)7-10-4-11(14)5-16-13(10)15;1-2-19-11(18)7-16-5-8-3-9(13)4-14-12(8)15-10(17)6-16;7-2-4-1-5(8)3-10-6(4)9;/h4-7H,3,8-10H2,1-2H3,(H,17,18,21);3-6H,2,7-9H2,1H3,(H,20,21)(H,16,17,19);4-5H,3,6-8H2,1-2H3,(H2,15,16);3-4H,2,5-7H2,1H3,(H,14,15,17);1,3H,2H2,(H2,9,10);1H/b5-4+;4-3+;;;;. The lowest BCUT2D eigenvalue weighted by molar-refractivity contribution is -0.145. The van der Waals surface area contributed by atoms with E-state index in [1.807, 2.05) is 24.3 Å². The van der Waals surface area contributed by atoms with Crippen molar-refractivity contribution in [1.82, 2.24) is 44.5 Å². The van der Waals surface area contributed by atoms with Crippen molar-refractivity contribution in [1.29, 1.82) is 0 Å². The van der Waals surface area contributed by atoms with Crippen LogP contribution >= 0.6 is 80.7 Å². The molecule has 518 valence electrons. The molecule has 0 atom stereocenters. The lowest BCUT2D eigenvalue weighted by Gasteiger charge is -2.20. The molecule has 8 rings (SSSR count). The smallest absolute Gasteiger partial charge is 0.328 e. The number of carboxylic acids is 1. The first kappa shape index (κ1) is 82.4. The molecule has 5 aromatic heterocycles. The summed E-state index contributed by atoms with van der Waals surface area (Å²) in [6, 6.07) is 9.21. The Kier molecular flexibility index (Phi) is 37.2. The number of hydrogen-bond acceptors (Lipinski definition) is 25. The summed E-state index contributed by atoms with van der Waals surface area (Å²) in [6.07, 6.45) is 13.5. The van der Waals surface area contributed by atoms with Crippen LogP contribution in [0.15, 0.2) is 86.9 Å². The Morgan fingerprint density at radius 1 is 0.531 bits per heavy atom. The average molecular weight is 1660 g/mol. The number of nitrogen functional groups attached to an aromatic ring is 2. The number of aliphatic carboxylic acids is 1. The first-order chi connectivity index (χ1) is 45.2. The number of Topliss-reactive ketones (excluding diaryl/α,β-unsaturated/α-hetero) is 1. The Morgan fingerprint density at radius 3 is 1.28 bits per heavy atom. The number of nitrogens with two attached hydrogens (primary N) is 2. The van der Waals surface area contributed by atoms with Gasteiger partial charge in [-0.2, -0.15) is 0 Å². The monoisotopic (exact) mass is 1650 g/mol. The van der Waals surface area contributed by atoms with Crippen LogP contribution in [0.4, 0.5) is 29.1 Å². The lowest BCUT2D eigenvalue weighted by atomic mass is 10.1. The summed E-state index contributed by atoms with van der Waals surface area (Å²) < 4.78 is 22.2. The highest BCUT2D eigenvalue weighted by Gasteiger charge is 2.26. The zero-order valence-corrected chi connectivity index (χ0v) is 61.4. The summed E-state index contributed by atoms with van der Waals surface area (Å²) in [6.45, 7) is 13.3. The van der Waals surface area contributed by atoms with Crippen molar-refractivity contribution in [2.75, 3.05) is 106 Å². The number of carbonyl (C=O) groups excluding carboxylic acids is 9. The van der Waals surface area contributed by atoms with Gasteiger partial charge >= 0.3 is 29.8 Å². The number of aromatic nitrogens is 5. The molecule has 96 heavy (non-hydrogen) atoms. The summed E-state index contributed by atoms with van der Waals surface area (Å²) in [5, 5.41) is 17.5. The van der Waals surface area contributed by atoms with E-state index in [-0.39, 0.29) is 123 Å². The minimum absolute atomic E-state index is 0. The van der Waals surface area contributed by atoms with E-state index in [0.717, 1.165) is 52.6 Å². The third-order valence-electron chi connectivity index (χ3n) is 12.4. The van der Waals surface area contributed by atoms with Gasteiger partial charge in [-0.3, -0.25) is 62.8 Å². The molecule has 0 spiro atoms. The number of carbonyl (C=O) groups is 10. The quantitative estimate of drug-likeness (QED) is 0.0187. The van der Waals surface area contributed by atoms with Gasteiger partial charge in [-0.25, -0.2) is 29.7 Å². The van der Waals surface area contributed by atoms with Crippen molar-refractivity contribution in [3.63, 3.8) is 0 Å². The molecule has 29 nitrogen and oxygen atoms in total. The molecule has 0 aliphatic carbocycles. The molecule has 5 aromatic rings. The third kappa shape index (κ3) is 31.4. The number of nitrogens with one attached hydrogen (secondary N) is 3. The Balaban J connectivity index is 0.000000318. The highest BCUT2D eigenvalue weighted by molar-refractivity contribution is 9.11. The zero-order chi connectivity index (χ0) is 70.1. The van der Waals surface area contributed by atoms with Gasteiger partial charge in [0.05, 0.1) is 78.8 Å². The number of halogens is 5. The number of carboxylic acid groups (broad SMARTS) is 1. The van der Waals surface area contributed by atoms with Crippen molar-refractivity contribution >= 4 is 181 Å². The molecule has 8 heterocycles. The number of amides is 3. The molecule has 3 amide bonds. The van der Waals surface area contributed by atoms with Gasteiger partial charge in [0.2, 0.25) is 17.7 Å². The minimum Gasteiger partial charge on any atom is -0.478 e. The van der Waals surface area contributed by atoms with Gasteiger partial charge in [0.15, 0.2) is 5.78 Å². The van der Waals surface area contributed by atoms with Crippen LogP contribution in [0.5, 0.6) is 0 Å². The van der Waals surface area contributed by atoms with Gasteiger partial charge in [0.1, 0.15) is 34.9 Å².